The number of hydrogen-bond donors (Lipinski definition) is 2. The van der Waals surface area contributed by atoms with Crippen molar-refractivity contribution < 1.29 is 14.2 Å². The van der Waals surface area contributed by atoms with Crippen LogP contribution in [0.25, 0.3) is 0 Å². The molecule has 2 atom stereocenters. The van der Waals surface area contributed by atoms with Crippen molar-refractivity contribution >= 4 is 5.82 Å². The molecule has 3 rings (SSSR count). The van der Waals surface area contributed by atoms with Gasteiger partial charge in [0.05, 0.1) is 0 Å². The molecular formula is C18H23FN4O2. The first-order valence-electron chi connectivity index (χ1n) is 8.54. The van der Waals surface area contributed by atoms with Gasteiger partial charge in [-0.25, -0.2) is 4.39 Å². The average Bonchev–Trinajstić information content (AvgIpc) is 3.10. The lowest BCUT2D eigenvalue weighted by atomic mass is 10.2. The molecule has 2 heterocycles. The van der Waals surface area contributed by atoms with Crippen LogP contribution in [-0.2, 0) is 0 Å². The van der Waals surface area contributed by atoms with Crippen LogP contribution in [0.3, 0.4) is 0 Å². The minimum absolute atomic E-state index is 0.164. The van der Waals surface area contributed by atoms with Gasteiger partial charge in [-0.2, -0.15) is 5.10 Å². The molecule has 1 saturated heterocycles. The van der Waals surface area contributed by atoms with Gasteiger partial charge in [-0.1, -0.05) is 0 Å². The molecular weight excluding hydrogens is 323 g/mol. The highest BCUT2D eigenvalue weighted by Gasteiger charge is 2.25. The molecule has 1 aromatic carbocycles. The van der Waals surface area contributed by atoms with Crippen molar-refractivity contribution in [3.63, 3.8) is 0 Å². The molecule has 0 unspecified atom stereocenters. The summed E-state index contributed by atoms with van der Waals surface area (Å²) in [6.07, 6.45) is 3.26. The van der Waals surface area contributed by atoms with Crippen LogP contribution in [0.1, 0.15) is 12.8 Å². The van der Waals surface area contributed by atoms with Crippen molar-refractivity contribution in [1.82, 2.24) is 15.5 Å². The van der Waals surface area contributed by atoms with E-state index in [1.807, 2.05) is 12.1 Å². The van der Waals surface area contributed by atoms with E-state index in [-0.39, 0.29) is 12.4 Å². The lowest BCUT2D eigenvalue weighted by Crippen LogP contribution is -2.41. The highest BCUT2D eigenvalue weighted by atomic mass is 19.1. The first kappa shape index (κ1) is 17.6. The fraction of sp³-hybridized carbons (Fsp3) is 0.444. The Hall–Kier alpha value is -2.25. The zero-order chi connectivity index (χ0) is 17.5. The average molecular weight is 346 g/mol. The van der Waals surface area contributed by atoms with Crippen LogP contribution >= 0.6 is 0 Å². The Labute approximate surface area is 146 Å². The molecule has 134 valence electrons. The molecule has 2 N–H and O–H groups in total. The Morgan fingerprint density at radius 2 is 2.16 bits per heavy atom. The lowest BCUT2D eigenvalue weighted by molar-refractivity contribution is 0.106. The summed E-state index contributed by atoms with van der Waals surface area (Å²) in [5, 5.41) is 21.4. The van der Waals surface area contributed by atoms with Gasteiger partial charge in [-0.3, -0.25) is 0 Å². The van der Waals surface area contributed by atoms with E-state index in [9.17, 15) is 9.50 Å². The topological polar surface area (TPSA) is 70.5 Å². The highest BCUT2D eigenvalue weighted by Crippen LogP contribution is 2.22. The van der Waals surface area contributed by atoms with E-state index >= 15 is 0 Å². The third kappa shape index (κ3) is 5.11. The smallest absolute Gasteiger partial charge is 0.151 e. The van der Waals surface area contributed by atoms with E-state index in [4.69, 9.17) is 4.74 Å². The van der Waals surface area contributed by atoms with Gasteiger partial charge >= 0.3 is 0 Å². The maximum Gasteiger partial charge on any atom is 0.151 e. The summed E-state index contributed by atoms with van der Waals surface area (Å²) in [5.74, 6) is 1.14. The Kier molecular flexibility index (Phi) is 6.14. The summed E-state index contributed by atoms with van der Waals surface area (Å²) in [6.45, 7) is 2.34. The second-order valence-corrected chi connectivity index (χ2v) is 6.15. The number of aliphatic hydroxyl groups is 1. The molecule has 0 amide bonds. The summed E-state index contributed by atoms with van der Waals surface area (Å²) >= 11 is 0. The molecule has 1 aliphatic heterocycles. The van der Waals surface area contributed by atoms with Gasteiger partial charge in [0.25, 0.3) is 0 Å². The summed E-state index contributed by atoms with van der Waals surface area (Å²) in [4.78, 5) is 2.25. The Morgan fingerprint density at radius 3 is 2.92 bits per heavy atom. The van der Waals surface area contributed by atoms with E-state index in [2.05, 4.69) is 20.4 Å². The molecule has 0 bridgehead atoms. The van der Waals surface area contributed by atoms with E-state index in [1.54, 1.807) is 18.3 Å². The van der Waals surface area contributed by atoms with E-state index < -0.39 is 6.10 Å². The Morgan fingerprint density at radius 1 is 1.32 bits per heavy atom. The number of halogens is 1. The molecule has 1 aromatic heterocycles. The van der Waals surface area contributed by atoms with Crippen LogP contribution in [0.4, 0.5) is 10.2 Å². The van der Waals surface area contributed by atoms with Crippen molar-refractivity contribution in [3.8, 4) is 5.75 Å². The summed E-state index contributed by atoms with van der Waals surface area (Å²) in [6, 6.07) is 9.97. The second-order valence-electron chi connectivity index (χ2n) is 6.15. The van der Waals surface area contributed by atoms with Gasteiger partial charge in [0.1, 0.15) is 24.3 Å². The van der Waals surface area contributed by atoms with Gasteiger partial charge in [0.15, 0.2) is 5.82 Å². The van der Waals surface area contributed by atoms with E-state index in [1.165, 1.54) is 12.1 Å². The first-order chi connectivity index (χ1) is 12.2. The van der Waals surface area contributed by atoms with Gasteiger partial charge in [-0.15, -0.1) is 5.10 Å². The number of aliphatic hydroxyl groups excluding tert-OH is 1. The third-order valence-electron chi connectivity index (χ3n) is 4.25. The lowest BCUT2D eigenvalue weighted by Gasteiger charge is -2.26. The maximum absolute atomic E-state index is 12.8. The molecule has 0 radical (unpaired) electrons. The van der Waals surface area contributed by atoms with Gasteiger partial charge in [0, 0.05) is 31.9 Å². The number of rotatable bonds is 8. The minimum atomic E-state index is -0.628. The van der Waals surface area contributed by atoms with E-state index in [0.717, 1.165) is 31.7 Å². The summed E-state index contributed by atoms with van der Waals surface area (Å²) in [5.41, 5.74) is 0. The maximum atomic E-state index is 12.8. The predicted octanol–water partition coefficient (Wildman–Crippen LogP) is 1.61. The van der Waals surface area contributed by atoms with Crippen molar-refractivity contribution in [2.75, 3.05) is 31.1 Å². The Balaban J connectivity index is 1.39. The minimum Gasteiger partial charge on any atom is -0.491 e. The zero-order valence-corrected chi connectivity index (χ0v) is 14.0. The van der Waals surface area contributed by atoms with E-state index in [0.29, 0.717) is 18.3 Å². The largest absolute Gasteiger partial charge is 0.491 e. The molecule has 0 spiro atoms. The van der Waals surface area contributed by atoms with Gasteiger partial charge in [0.2, 0.25) is 0 Å². The molecule has 0 saturated carbocycles. The van der Waals surface area contributed by atoms with Crippen LogP contribution in [0.15, 0.2) is 42.6 Å². The van der Waals surface area contributed by atoms with Crippen molar-refractivity contribution in [3.05, 3.63) is 48.4 Å². The second kappa shape index (κ2) is 8.73. The van der Waals surface area contributed by atoms with Crippen LogP contribution < -0.4 is 15.0 Å². The van der Waals surface area contributed by atoms with Crippen LogP contribution in [0.5, 0.6) is 5.75 Å². The number of ether oxygens (including phenoxy) is 1. The number of nitrogens with zero attached hydrogens (tertiary/aromatic N) is 3. The fourth-order valence-corrected chi connectivity index (χ4v) is 2.99. The van der Waals surface area contributed by atoms with Gasteiger partial charge < -0.3 is 20.1 Å². The number of hydrogen-bond acceptors (Lipinski definition) is 6. The first-order valence-corrected chi connectivity index (χ1v) is 8.54. The SMILES string of the molecule is O[C@@H](CNC[C@H]1CCCN1c1cccnn1)COc1ccc(F)cc1. The standard InChI is InChI=1S/C18H23FN4O2/c19-14-5-7-17(8-6-14)25-13-16(24)12-20-11-15-3-2-10-23(15)18-4-1-9-21-22-18/h1,4-9,15-16,20,24H,2-3,10-13H2/t15-,16+/m1/s1. The number of aromatic nitrogens is 2. The summed E-state index contributed by atoms with van der Waals surface area (Å²) in [7, 11) is 0. The van der Waals surface area contributed by atoms with Crippen molar-refractivity contribution in [1.29, 1.82) is 0 Å². The molecule has 25 heavy (non-hydrogen) atoms. The Bertz CT molecular complexity index is 641. The fourth-order valence-electron chi connectivity index (χ4n) is 2.99. The molecule has 1 fully saturated rings. The van der Waals surface area contributed by atoms with Crippen molar-refractivity contribution in [2.24, 2.45) is 0 Å². The van der Waals surface area contributed by atoms with Gasteiger partial charge in [-0.05, 0) is 49.2 Å². The van der Waals surface area contributed by atoms with Crippen LogP contribution in [-0.4, -0.2) is 53.7 Å². The van der Waals surface area contributed by atoms with Crippen LogP contribution in [0.2, 0.25) is 0 Å². The molecule has 7 heteroatoms. The number of nitrogens with one attached hydrogen (secondary N) is 1. The summed E-state index contributed by atoms with van der Waals surface area (Å²) < 4.78 is 18.3. The number of anilines is 1. The third-order valence-corrected chi connectivity index (χ3v) is 4.25. The monoisotopic (exact) mass is 346 g/mol. The molecule has 6 nitrogen and oxygen atoms in total. The highest BCUT2D eigenvalue weighted by molar-refractivity contribution is 5.39. The van der Waals surface area contributed by atoms with Crippen LogP contribution in [0, 0.1) is 5.82 Å². The molecule has 0 aliphatic carbocycles. The predicted molar refractivity (Wildman–Crippen MR) is 93.2 cm³/mol. The molecule has 1 aliphatic rings. The zero-order valence-electron chi connectivity index (χ0n) is 14.0. The van der Waals surface area contributed by atoms with Crippen molar-refractivity contribution in [2.45, 2.75) is 25.0 Å². The normalized spacial score (nSPS) is 18.3. The quantitative estimate of drug-likeness (QED) is 0.757. The number of benzene rings is 1. The molecule has 2 aromatic rings.